The van der Waals surface area contributed by atoms with Crippen LogP contribution in [0.1, 0.15) is 25.8 Å². The number of ether oxygens (including phenoxy) is 1. The Labute approximate surface area is 122 Å². The number of halogens is 1. The summed E-state index contributed by atoms with van der Waals surface area (Å²) in [6.45, 7) is 5.96. The predicted molar refractivity (Wildman–Crippen MR) is 80.0 cm³/mol. The van der Waals surface area contributed by atoms with E-state index < -0.39 is 0 Å². The number of carbonyl (C=O) groups is 1. The van der Waals surface area contributed by atoms with Crippen molar-refractivity contribution in [3.8, 4) is 5.75 Å². The van der Waals surface area contributed by atoms with Gasteiger partial charge in [0.25, 0.3) is 0 Å². The molecule has 19 heavy (non-hydrogen) atoms. The fourth-order valence-corrected chi connectivity index (χ4v) is 1.87. The molecule has 1 atom stereocenters. The van der Waals surface area contributed by atoms with E-state index in [1.807, 2.05) is 18.2 Å². The Bertz CT molecular complexity index is 424. The summed E-state index contributed by atoms with van der Waals surface area (Å²) < 4.78 is 6.63. The van der Waals surface area contributed by atoms with E-state index in [9.17, 15) is 4.79 Å². The first-order valence-electron chi connectivity index (χ1n) is 6.45. The van der Waals surface area contributed by atoms with Crippen LogP contribution in [-0.2, 0) is 11.3 Å². The van der Waals surface area contributed by atoms with Crippen LogP contribution >= 0.6 is 15.9 Å². The second-order valence-corrected chi connectivity index (χ2v) is 5.40. The van der Waals surface area contributed by atoms with Crippen molar-refractivity contribution in [3.63, 3.8) is 0 Å². The summed E-state index contributed by atoms with van der Waals surface area (Å²) in [5.41, 5.74) is 6.34. The highest BCUT2D eigenvalue weighted by molar-refractivity contribution is 9.10. The molecule has 0 heterocycles. The molecular weight excluding hydrogens is 308 g/mol. The summed E-state index contributed by atoms with van der Waals surface area (Å²) in [6, 6.07) is 5.80. The third kappa shape index (κ3) is 5.61. The average Bonchev–Trinajstić information content (AvgIpc) is 2.39. The second-order valence-electron chi connectivity index (χ2n) is 4.54. The van der Waals surface area contributed by atoms with Gasteiger partial charge in [0.05, 0.1) is 12.5 Å². The van der Waals surface area contributed by atoms with E-state index in [0.717, 1.165) is 35.3 Å². The van der Waals surface area contributed by atoms with Crippen LogP contribution in [0.2, 0.25) is 0 Å². The fraction of sp³-hybridized carbons (Fsp3) is 0.500. The van der Waals surface area contributed by atoms with E-state index in [-0.39, 0.29) is 11.8 Å². The molecule has 106 valence electrons. The molecule has 5 heteroatoms. The summed E-state index contributed by atoms with van der Waals surface area (Å²) in [4.78, 5) is 10.9. The minimum absolute atomic E-state index is 0.287. The van der Waals surface area contributed by atoms with Gasteiger partial charge >= 0.3 is 0 Å². The molecule has 0 bridgehead atoms. The number of hydrogen-bond donors (Lipinski definition) is 2. The Morgan fingerprint density at radius 3 is 2.89 bits per heavy atom. The van der Waals surface area contributed by atoms with E-state index in [2.05, 4.69) is 28.2 Å². The van der Waals surface area contributed by atoms with Crippen LogP contribution in [0.5, 0.6) is 5.75 Å². The number of amides is 1. The normalized spacial score (nSPS) is 12.2. The lowest BCUT2D eigenvalue weighted by Crippen LogP contribution is -2.25. The van der Waals surface area contributed by atoms with Gasteiger partial charge in [0.2, 0.25) is 5.91 Å². The number of hydrogen-bond acceptors (Lipinski definition) is 3. The minimum Gasteiger partial charge on any atom is -0.493 e. The van der Waals surface area contributed by atoms with Crippen molar-refractivity contribution in [2.45, 2.75) is 26.8 Å². The van der Waals surface area contributed by atoms with Crippen molar-refractivity contribution in [3.05, 3.63) is 28.2 Å². The molecule has 1 aromatic rings. The van der Waals surface area contributed by atoms with Crippen molar-refractivity contribution in [2.75, 3.05) is 13.2 Å². The van der Waals surface area contributed by atoms with Crippen LogP contribution in [0, 0.1) is 5.92 Å². The number of nitrogens with one attached hydrogen (secondary N) is 1. The van der Waals surface area contributed by atoms with Crippen LogP contribution in [0.3, 0.4) is 0 Å². The third-order valence-electron chi connectivity index (χ3n) is 2.75. The number of benzene rings is 1. The van der Waals surface area contributed by atoms with Crippen LogP contribution in [0.15, 0.2) is 22.7 Å². The first kappa shape index (κ1) is 16.0. The molecule has 0 radical (unpaired) electrons. The first-order chi connectivity index (χ1) is 9.04. The van der Waals surface area contributed by atoms with Gasteiger partial charge in [0, 0.05) is 11.0 Å². The Morgan fingerprint density at radius 1 is 1.53 bits per heavy atom. The quantitative estimate of drug-likeness (QED) is 0.720. The minimum atomic E-state index is -0.345. The summed E-state index contributed by atoms with van der Waals surface area (Å²) in [7, 11) is 0. The van der Waals surface area contributed by atoms with Crippen molar-refractivity contribution in [1.29, 1.82) is 0 Å². The summed E-state index contributed by atoms with van der Waals surface area (Å²) in [6.07, 6.45) is 1.10. The zero-order valence-electron chi connectivity index (χ0n) is 11.4. The van der Waals surface area contributed by atoms with E-state index in [4.69, 9.17) is 10.5 Å². The Hall–Kier alpha value is -1.07. The molecule has 1 rings (SSSR count). The van der Waals surface area contributed by atoms with Crippen molar-refractivity contribution in [2.24, 2.45) is 11.7 Å². The molecule has 0 aliphatic carbocycles. The molecule has 0 spiro atoms. The monoisotopic (exact) mass is 328 g/mol. The van der Waals surface area contributed by atoms with Crippen LogP contribution < -0.4 is 15.8 Å². The van der Waals surface area contributed by atoms with Gasteiger partial charge < -0.3 is 15.8 Å². The molecular formula is C14H21BrN2O2. The molecule has 0 aromatic heterocycles. The van der Waals surface area contributed by atoms with Gasteiger partial charge in [-0.3, -0.25) is 4.79 Å². The standard InChI is InChI=1S/C14H21BrN2O2/c1-3-6-17-8-11-7-12(4-5-13(11)15)19-9-10(2)14(16)18/h4-5,7,10,17H,3,6,8-9H2,1-2H3,(H2,16,18). The largest absolute Gasteiger partial charge is 0.493 e. The third-order valence-corrected chi connectivity index (χ3v) is 3.52. The van der Waals surface area contributed by atoms with Crippen LogP contribution in [0.4, 0.5) is 0 Å². The highest BCUT2D eigenvalue weighted by Gasteiger charge is 2.10. The van der Waals surface area contributed by atoms with E-state index in [1.54, 1.807) is 6.92 Å². The zero-order valence-corrected chi connectivity index (χ0v) is 13.0. The number of rotatable bonds is 8. The van der Waals surface area contributed by atoms with Crippen LogP contribution in [0.25, 0.3) is 0 Å². The lowest BCUT2D eigenvalue weighted by Gasteiger charge is -2.12. The number of nitrogens with two attached hydrogens (primary N) is 1. The molecule has 1 aromatic carbocycles. The molecule has 0 fully saturated rings. The van der Waals surface area contributed by atoms with Crippen molar-refractivity contribution >= 4 is 21.8 Å². The number of carbonyl (C=O) groups excluding carboxylic acids is 1. The lowest BCUT2D eigenvalue weighted by atomic mass is 10.2. The molecule has 3 N–H and O–H groups in total. The highest BCUT2D eigenvalue weighted by Crippen LogP contribution is 2.23. The van der Waals surface area contributed by atoms with Gasteiger partial charge in [-0.1, -0.05) is 29.8 Å². The Kier molecular flexibility index (Phi) is 6.87. The molecule has 4 nitrogen and oxygen atoms in total. The number of primary amides is 1. The predicted octanol–water partition coefficient (Wildman–Crippen LogP) is 2.45. The Balaban J connectivity index is 2.59. The maximum atomic E-state index is 10.9. The van der Waals surface area contributed by atoms with Gasteiger partial charge in [-0.2, -0.15) is 0 Å². The Morgan fingerprint density at radius 2 is 2.26 bits per heavy atom. The SMILES string of the molecule is CCCNCc1cc(OCC(C)C(N)=O)ccc1Br. The van der Waals surface area contributed by atoms with Gasteiger partial charge in [0.1, 0.15) is 5.75 Å². The van der Waals surface area contributed by atoms with Gasteiger partial charge in [0.15, 0.2) is 0 Å². The van der Waals surface area contributed by atoms with Gasteiger partial charge in [-0.15, -0.1) is 0 Å². The average molecular weight is 329 g/mol. The molecule has 1 unspecified atom stereocenters. The maximum Gasteiger partial charge on any atom is 0.223 e. The van der Waals surface area contributed by atoms with Crippen molar-refractivity contribution in [1.82, 2.24) is 5.32 Å². The van der Waals surface area contributed by atoms with Gasteiger partial charge in [-0.25, -0.2) is 0 Å². The summed E-state index contributed by atoms with van der Waals surface area (Å²) in [5.74, 6) is 0.122. The molecule has 0 aliphatic rings. The molecule has 1 amide bonds. The highest BCUT2D eigenvalue weighted by atomic mass is 79.9. The topological polar surface area (TPSA) is 64.3 Å². The molecule has 0 saturated heterocycles. The molecule has 0 saturated carbocycles. The lowest BCUT2D eigenvalue weighted by molar-refractivity contribution is -0.122. The van der Waals surface area contributed by atoms with Gasteiger partial charge in [-0.05, 0) is 36.7 Å². The first-order valence-corrected chi connectivity index (χ1v) is 7.25. The second kappa shape index (κ2) is 8.17. The van der Waals surface area contributed by atoms with Crippen molar-refractivity contribution < 1.29 is 9.53 Å². The summed E-state index contributed by atoms with van der Waals surface area (Å²) in [5, 5.41) is 3.34. The van der Waals surface area contributed by atoms with Crippen LogP contribution in [-0.4, -0.2) is 19.1 Å². The smallest absolute Gasteiger partial charge is 0.223 e. The fourth-order valence-electron chi connectivity index (χ4n) is 1.48. The van der Waals surface area contributed by atoms with E-state index in [1.165, 1.54) is 0 Å². The van der Waals surface area contributed by atoms with E-state index in [0.29, 0.717) is 6.61 Å². The zero-order chi connectivity index (χ0) is 14.3. The molecule has 0 aliphatic heterocycles. The maximum absolute atomic E-state index is 10.9. The van der Waals surface area contributed by atoms with E-state index >= 15 is 0 Å². The summed E-state index contributed by atoms with van der Waals surface area (Å²) >= 11 is 3.52.